The van der Waals surface area contributed by atoms with E-state index >= 15 is 0 Å². The Bertz CT molecular complexity index is 365. The van der Waals surface area contributed by atoms with Crippen molar-refractivity contribution in [3.63, 3.8) is 0 Å². The molecule has 0 saturated carbocycles. The Morgan fingerprint density at radius 2 is 2.38 bits per heavy atom. The molecule has 0 spiro atoms. The Kier molecular flexibility index (Phi) is 3.30. The second kappa shape index (κ2) is 4.48. The summed E-state index contributed by atoms with van der Waals surface area (Å²) >= 11 is 5.76. The quantitative estimate of drug-likeness (QED) is 0.442. The smallest absolute Gasteiger partial charge is 0.207 e. The van der Waals surface area contributed by atoms with Gasteiger partial charge in [0.15, 0.2) is 0 Å². The third kappa shape index (κ3) is 3.14. The fraction of sp³-hybridized carbons (Fsp3) is 0.111. The highest BCUT2D eigenvalue weighted by Crippen LogP contribution is 2.10. The zero-order valence-corrected chi connectivity index (χ0v) is 7.62. The molecule has 0 atom stereocenters. The van der Waals surface area contributed by atoms with E-state index < -0.39 is 0 Å². The largest absolute Gasteiger partial charge is 0.386 e. The van der Waals surface area contributed by atoms with Crippen molar-refractivity contribution in [3.8, 4) is 6.19 Å². The molecular formula is C9H8ClN3. The highest BCUT2D eigenvalue weighted by molar-refractivity contribution is 6.30. The highest BCUT2D eigenvalue weighted by atomic mass is 35.5. The molecule has 0 fully saturated rings. The second-order valence-electron chi connectivity index (χ2n) is 2.51. The molecule has 0 aromatic heterocycles. The number of benzene rings is 1. The van der Waals surface area contributed by atoms with E-state index in [9.17, 15) is 0 Å². The number of hydrogen-bond acceptors (Lipinski definition) is 2. The van der Waals surface area contributed by atoms with Crippen LogP contribution in [0, 0.1) is 11.5 Å². The Labute approximate surface area is 81.5 Å². The fourth-order valence-electron chi connectivity index (χ4n) is 0.960. The zero-order valence-electron chi connectivity index (χ0n) is 6.87. The van der Waals surface area contributed by atoms with Crippen LogP contribution in [-0.4, -0.2) is 5.84 Å². The number of nitrogens with zero attached hydrogens (tertiary/aromatic N) is 2. The van der Waals surface area contributed by atoms with Crippen molar-refractivity contribution in [1.29, 1.82) is 5.26 Å². The van der Waals surface area contributed by atoms with Crippen molar-refractivity contribution in [1.82, 2.24) is 0 Å². The van der Waals surface area contributed by atoms with Gasteiger partial charge in [0.25, 0.3) is 0 Å². The van der Waals surface area contributed by atoms with Crippen LogP contribution in [0.2, 0.25) is 5.02 Å². The van der Waals surface area contributed by atoms with Crippen molar-refractivity contribution < 1.29 is 0 Å². The van der Waals surface area contributed by atoms with Gasteiger partial charge in [0, 0.05) is 11.4 Å². The van der Waals surface area contributed by atoms with Crippen molar-refractivity contribution in [3.05, 3.63) is 34.9 Å². The number of nitrogens with two attached hydrogens (primary N) is 1. The highest BCUT2D eigenvalue weighted by Gasteiger charge is 1.97. The van der Waals surface area contributed by atoms with E-state index in [1.165, 1.54) is 0 Å². The summed E-state index contributed by atoms with van der Waals surface area (Å²) in [6, 6.07) is 7.28. The average molecular weight is 194 g/mol. The molecule has 4 heteroatoms. The Morgan fingerprint density at radius 1 is 1.62 bits per heavy atom. The maximum atomic E-state index is 8.23. The van der Waals surface area contributed by atoms with Gasteiger partial charge in [-0.3, -0.25) is 0 Å². The first-order valence-electron chi connectivity index (χ1n) is 3.68. The van der Waals surface area contributed by atoms with Gasteiger partial charge in [-0.2, -0.15) is 10.3 Å². The third-order valence-corrected chi connectivity index (χ3v) is 1.70. The lowest BCUT2D eigenvalue weighted by Crippen LogP contribution is -2.14. The predicted octanol–water partition coefficient (Wildman–Crippen LogP) is 1.72. The average Bonchev–Trinajstić information content (AvgIpc) is 2.04. The van der Waals surface area contributed by atoms with Gasteiger partial charge >= 0.3 is 0 Å². The summed E-state index contributed by atoms with van der Waals surface area (Å²) < 4.78 is 0. The van der Waals surface area contributed by atoms with Crippen LogP contribution in [-0.2, 0) is 6.42 Å². The maximum Gasteiger partial charge on any atom is 0.207 e. The van der Waals surface area contributed by atoms with Crippen LogP contribution in [0.4, 0.5) is 0 Å². The third-order valence-electron chi connectivity index (χ3n) is 1.47. The monoisotopic (exact) mass is 193 g/mol. The molecular weight excluding hydrogens is 186 g/mol. The summed E-state index contributed by atoms with van der Waals surface area (Å²) in [4.78, 5) is 3.41. The molecule has 2 N–H and O–H groups in total. The Morgan fingerprint density at radius 3 is 3.00 bits per heavy atom. The minimum absolute atomic E-state index is 0.296. The lowest BCUT2D eigenvalue weighted by molar-refractivity contribution is 1.27. The van der Waals surface area contributed by atoms with Crippen molar-refractivity contribution >= 4 is 17.4 Å². The van der Waals surface area contributed by atoms with E-state index in [0.717, 1.165) is 5.56 Å². The van der Waals surface area contributed by atoms with Crippen LogP contribution in [0.3, 0.4) is 0 Å². The van der Waals surface area contributed by atoms with Gasteiger partial charge in [-0.05, 0) is 17.7 Å². The molecule has 13 heavy (non-hydrogen) atoms. The van der Waals surface area contributed by atoms with Crippen molar-refractivity contribution in [2.45, 2.75) is 6.42 Å². The number of halogens is 1. The first kappa shape index (κ1) is 9.56. The summed E-state index contributed by atoms with van der Waals surface area (Å²) in [6.45, 7) is 0. The van der Waals surface area contributed by atoms with E-state index in [-0.39, 0.29) is 0 Å². The first-order valence-corrected chi connectivity index (χ1v) is 4.05. The number of hydrogen-bond donors (Lipinski definition) is 1. The maximum absolute atomic E-state index is 8.23. The van der Waals surface area contributed by atoms with Gasteiger partial charge in [0.2, 0.25) is 6.19 Å². The summed E-state index contributed by atoms with van der Waals surface area (Å²) in [5, 5.41) is 8.88. The molecule has 0 bridgehead atoms. The molecule has 66 valence electrons. The molecule has 1 aromatic carbocycles. The van der Waals surface area contributed by atoms with Crippen LogP contribution < -0.4 is 5.73 Å². The number of amidine groups is 1. The number of rotatable bonds is 2. The Balaban J connectivity index is 2.76. The fourth-order valence-corrected chi connectivity index (χ4v) is 1.17. The molecule has 0 saturated heterocycles. The van der Waals surface area contributed by atoms with Crippen LogP contribution >= 0.6 is 11.6 Å². The van der Waals surface area contributed by atoms with Gasteiger partial charge in [-0.25, -0.2) is 0 Å². The van der Waals surface area contributed by atoms with Crippen molar-refractivity contribution in [2.24, 2.45) is 10.7 Å². The van der Waals surface area contributed by atoms with Gasteiger partial charge < -0.3 is 5.73 Å². The minimum Gasteiger partial charge on any atom is -0.386 e. The summed E-state index contributed by atoms with van der Waals surface area (Å²) in [5.41, 5.74) is 6.40. The number of aliphatic imine (C=N–C) groups is 1. The molecule has 0 unspecified atom stereocenters. The molecule has 0 heterocycles. The molecule has 3 nitrogen and oxygen atoms in total. The van der Waals surface area contributed by atoms with Gasteiger partial charge in [0.05, 0.1) is 0 Å². The van der Waals surface area contributed by atoms with Crippen LogP contribution in [0.25, 0.3) is 0 Å². The van der Waals surface area contributed by atoms with E-state index in [0.29, 0.717) is 17.3 Å². The zero-order chi connectivity index (χ0) is 9.68. The van der Waals surface area contributed by atoms with Crippen LogP contribution in [0.5, 0.6) is 0 Å². The molecule has 1 aromatic rings. The predicted molar refractivity (Wildman–Crippen MR) is 52.4 cm³/mol. The van der Waals surface area contributed by atoms with Crippen LogP contribution in [0.15, 0.2) is 29.3 Å². The lowest BCUT2D eigenvalue weighted by atomic mass is 10.1. The second-order valence-corrected chi connectivity index (χ2v) is 2.95. The summed E-state index contributed by atoms with van der Waals surface area (Å²) in [6.07, 6.45) is 2.08. The number of nitriles is 1. The standard InChI is InChI=1S/C9H8ClN3/c10-8-3-1-2-7(4-8)5-9(12)13-6-11/h1-4H,5H2,(H2,12,13). The van der Waals surface area contributed by atoms with Crippen molar-refractivity contribution in [2.75, 3.05) is 0 Å². The topological polar surface area (TPSA) is 62.2 Å². The summed E-state index contributed by atoms with van der Waals surface area (Å²) in [7, 11) is 0. The van der Waals surface area contributed by atoms with E-state index in [1.807, 2.05) is 12.1 Å². The van der Waals surface area contributed by atoms with Gasteiger partial charge in [-0.15, -0.1) is 0 Å². The lowest BCUT2D eigenvalue weighted by Gasteiger charge is -1.99. The van der Waals surface area contributed by atoms with Gasteiger partial charge in [0.1, 0.15) is 5.84 Å². The van der Waals surface area contributed by atoms with Gasteiger partial charge in [-0.1, -0.05) is 23.7 Å². The van der Waals surface area contributed by atoms with E-state index in [2.05, 4.69) is 4.99 Å². The molecule has 1 rings (SSSR count). The minimum atomic E-state index is 0.296. The summed E-state index contributed by atoms with van der Waals surface area (Å²) in [5.74, 6) is 0.296. The molecule has 0 aliphatic heterocycles. The molecule has 0 aliphatic carbocycles. The molecule has 0 radical (unpaired) electrons. The molecule has 0 aliphatic rings. The molecule has 0 amide bonds. The van der Waals surface area contributed by atoms with Crippen LogP contribution in [0.1, 0.15) is 5.56 Å². The normalized spacial score (nSPS) is 10.9. The first-order chi connectivity index (χ1) is 6.22. The Hall–Kier alpha value is -1.53. The van der Waals surface area contributed by atoms with E-state index in [4.69, 9.17) is 22.6 Å². The SMILES string of the molecule is N#CN=C(N)Cc1cccc(Cl)c1. The van der Waals surface area contributed by atoms with E-state index in [1.54, 1.807) is 18.3 Å².